The Balaban J connectivity index is 1.64. The lowest BCUT2D eigenvalue weighted by Gasteiger charge is -2.19. The quantitative estimate of drug-likeness (QED) is 0.719. The second kappa shape index (κ2) is 8.03. The molecule has 0 aliphatic carbocycles. The van der Waals surface area contributed by atoms with Gasteiger partial charge in [0.1, 0.15) is 0 Å². The molecule has 0 aromatic heterocycles. The zero-order valence-corrected chi connectivity index (χ0v) is 13.2. The van der Waals surface area contributed by atoms with Gasteiger partial charge < -0.3 is 15.5 Å². The molecule has 0 bridgehead atoms. The van der Waals surface area contributed by atoms with Crippen LogP contribution in [0.3, 0.4) is 0 Å². The molecule has 2 rings (SSSR count). The third kappa shape index (κ3) is 4.74. The molecular weight excluding hydrogens is 262 g/mol. The van der Waals surface area contributed by atoms with Crippen LogP contribution in [-0.4, -0.2) is 38.1 Å². The maximum atomic E-state index is 11.8. The number of para-hydroxylation sites is 1. The molecule has 1 aromatic rings. The first-order valence-electron chi connectivity index (χ1n) is 8.03. The SMILES string of the molecule is CCNC(C)CC(=O)NCCCN1CCc2ccccc21. The van der Waals surface area contributed by atoms with Crippen LogP contribution in [0.1, 0.15) is 32.3 Å². The van der Waals surface area contributed by atoms with Crippen molar-refractivity contribution in [2.75, 3.05) is 31.1 Å². The summed E-state index contributed by atoms with van der Waals surface area (Å²) in [7, 11) is 0. The van der Waals surface area contributed by atoms with Crippen molar-refractivity contribution in [3.05, 3.63) is 29.8 Å². The zero-order valence-electron chi connectivity index (χ0n) is 13.2. The topological polar surface area (TPSA) is 44.4 Å². The number of fused-ring (bicyclic) bond motifs is 1. The summed E-state index contributed by atoms with van der Waals surface area (Å²) >= 11 is 0. The number of hydrogen-bond donors (Lipinski definition) is 2. The fourth-order valence-corrected chi connectivity index (χ4v) is 2.91. The van der Waals surface area contributed by atoms with E-state index in [1.165, 1.54) is 11.3 Å². The number of carbonyl (C=O) groups excluding carboxylic acids is 1. The zero-order chi connectivity index (χ0) is 15.1. The summed E-state index contributed by atoms with van der Waals surface area (Å²) < 4.78 is 0. The Bertz CT molecular complexity index is 461. The van der Waals surface area contributed by atoms with Crippen molar-refractivity contribution >= 4 is 11.6 Å². The first kappa shape index (κ1) is 15.8. The molecule has 1 amide bonds. The van der Waals surface area contributed by atoms with Crippen LogP contribution in [0, 0.1) is 0 Å². The summed E-state index contributed by atoms with van der Waals surface area (Å²) in [5, 5.41) is 6.27. The van der Waals surface area contributed by atoms with Crippen molar-refractivity contribution in [3.63, 3.8) is 0 Å². The number of anilines is 1. The molecule has 0 fully saturated rings. The van der Waals surface area contributed by atoms with Crippen LogP contribution in [0.4, 0.5) is 5.69 Å². The molecule has 1 atom stereocenters. The lowest BCUT2D eigenvalue weighted by Crippen LogP contribution is -2.35. The Labute approximate surface area is 127 Å². The number of benzene rings is 1. The van der Waals surface area contributed by atoms with Crippen LogP contribution in [0.2, 0.25) is 0 Å². The van der Waals surface area contributed by atoms with E-state index in [1.807, 2.05) is 6.92 Å². The number of rotatable bonds is 8. The Kier molecular flexibility index (Phi) is 6.05. The molecule has 4 heteroatoms. The van der Waals surface area contributed by atoms with Crippen LogP contribution in [-0.2, 0) is 11.2 Å². The number of amides is 1. The van der Waals surface area contributed by atoms with Gasteiger partial charge in [0, 0.05) is 37.8 Å². The minimum absolute atomic E-state index is 0.144. The predicted molar refractivity (Wildman–Crippen MR) is 87.7 cm³/mol. The fraction of sp³-hybridized carbons (Fsp3) is 0.588. The van der Waals surface area contributed by atoms with Crippen molar-refractivity contribution in [2.45, 2.75) is 39.2 Å². The minimum atomic E-state index is 0.144. The van der Waals surface area contributed by atoms with E-state index in [0.717, 1.165) is 39.0 Å². The van der Waals surface area contributed by atoms with E-state index in [-0.39, 0.29) is 11.9 Å². The third-order valence-corrected chi connectivity index (χ3v) is 3.95. The summed E-state index contributed by atoms with van der Waals surface area (Å²) in [6.07, 6.45) is 2.69. The highest BCUT2D eigenvalue weighted by atomic mass is 16.1. The predicted octanol–water partition coefficient (Wildman–Crippen LogP) is 1.94. The van der Waals surface area contributed by atoms with Gasteiger partial charge in [0.2, 0.25) is 5.91 Å². The van der Waals surface area contributed by atoms with Crippen LogP contribution < -0.4 is 15.5 Å². The monoisotopic (exact) mass is 289 g/mol. The summed E-state index contributed by atoms with van der Waals surface area (Å²) in [4.78, 5) is 14.2. The van der Waals surface area contributed by atoms with Gasteiger partial charge in [-0.15, -0.1) is 0 Å². The Hall–Kier alpha value is -1.55. The molecule has 0 saturated carbocycles. The molecule has 1 heterocycles. The average molecular weight is 289 g/mol. The lowest BCUT2D eigenvalue weighted by atomic mass is 10.2. The van der Waals surface area contributed by atoms with E-state index >= 15 is 0 Å². The van der Waals surface area contributed by atoms with E-state index in [2.05, 4.69) is 46.7 Å². The number of carbonyl (C=O) groups is 1. The Morgan fingerprint density at radius 3 is 3.00 bits per heavy atom. The van der Waals surface area contributed by atoms with Crippen molar-refractivity contribution in [1.82, 2.24) is 10.6 Å². The summed E-state index contributed by atoms with van der Waals surface area (Å²) in [6, 6.07) is 8.85. The normalized spacial score (nSPS) is 14.9. The van der Waals surface area contributed by atoms with Crippen molar-refractivity contribution in [1.29, 1.82) is 0 Å². The van der Waals surface area contributed by atoms with E-state index in [4.69, 9.17) is 0 Å². The molecule has 0 spiro atoms. The molecule has 4 nitrogen and oxygen atoms in total. The minimum Gasteiger partial charge on any atom is -0.371 e. The molecule has 116 valence electrons. The summed E-state index contributed by atoms with van der Waals surface area (Å²) in [5.41, 5.74) is 2.81. The Morgan fingerprint density at radius 1 is 1.38 bits per heavy atom. The van der Waals surface area contributed by atoms with Gasteiger partial charge in [-0.2, -0.15) is 0 Å². The molecule has 0 radical (unpaired) electrons. The standard InChI is InChI=1S/C17H27N3O/c1-3-18-14(2)13-17(21)19-10-6-11-20-12-9-15-7-4-5-8-16(15)20/h4-5,7-8,14,18H,3,6,9-13H2,1-2H3,(H,19,21). The number of nitrogens with zero attached hydrogens (tertiary/aromatic N) is 1. The largest absolute Gasteiger partial charge is 0.371 e. The van der Waals surface area contributed by atoms with Gasteiger partial charge in [-0.05, 0) is 37.9 Å². The third-order valence-electron chi connectivity index (χ3n) is 3.95. The molecule has 1 aliphatic heterocycles. The fourth-order valence-electron chi connectivity index (χ4n) is 2.91. The van der Waals surface area contributed by atoms with Gasteiger partial charge in [-0.25, -0.2) is 0 Å². The highest BCUT2D eigenvalue weighted by molar-refractivity contribution is 5.76. The van der Waals surface area contributed by atoms with Crippen LogP contribution in [0.25, 0.3) is 0 Å². The van der Waals surface area contributed by atoms with Gasteiger partial charge in [-0.3, -0.25) is 4.79 Å². The summed E-state index contributed by atoms with van der Waals surface area (Å²) in [5.74, 6) is 0.144. The van der Waals surface area contributed by atoms with Crippen molar-refractivity contribution < 1.29 is 4.79 Å². The van der Waals surface area contributed by atoms with Gasteiger partial charge in [-0.1, -0.05) is 25.1 Å². The van der Waals surface area contributed by atoms with Crippen molar-refractivity contribution in [2.24, 2.45) is 0 Å². The van der Waals surface area contributed by atoms with Crippen LogP contribution in [0.5, 0.6) is 0 Å². The number of nitrogens with one attached hydrogen (secondary N) is 2. The van der Waals surface area contributed by atoms with Gasteiger partial charge in [0.25, 0.3) is 0 Å². The molecule has 1 aromatic carbocycles. The molecule has 0 saturated heterocycles. The molecular formula is C17H27N3O. The van der Waals surface area contributed by atoms with Crippen LogP contribution >= 0.6 is 0 Å². The highest BCUT2D eigenvalue weighted by Gasteiger charge is 2.17. The first-order chi connectivity index (χ1) is 10.2. The second-order valence-electron chi connectivity index (χ2n) is 5.73. The number of hydrogen-bond acceptors (Lipinski definition) is 3. The van der Waals surface area contributed by atoms with Gasteiger partial charge in [0.15, 0.2) is 0 Å². The van der Waals surface area contributed by atoms with E-state index < -0.39 is 0 Å². The first-order valence-corrected chi connectivity index (χ1v) is 8.03. The van der Waals surface area contributed by atoms with Gasteiger partial charge >= 0.3 is 0 Å². The average Bonchev–Trinajstić information content (AvgIpc) is 2.87. The maximum Gasteiger partial charge on any atom is 0.221 e. The maximum absolute atomic E-state index is 11.8. The van der Waals surface area contributed by atoms with Crippen LogP contribution in [0.15, 0.2) is 24.3 Å². The molecule has 2 N–H and O–H groups in total. The highest BCUT2D eigenvalue weighted by Crippen LogP contribution is 2.27. The van der Waals surface area contributed by atoms with Gasteiger partial charge in [0.05, 0.1) is 0 Å². The molecule has 1 unspecified atom stereocenters. The van der Waals surface area contributed by atoms with Crippen molar-refractivity contribution in [3.8, 4) is 0 Å². The lowest BCUT2D eigenvalue weighted by molar-refractivity contribution is -0.121. The van der Waals surface area contributed by atoms with E-state index in [1.54, 1.807) is 0 Å². The smallest absolute Gasteiger partial charge is 0.221 e. The van der Waals surface area contributed by atoms with E-state index in [9.17, 15) is 4.79 Å². The second-order valence-corrected chi connectivity index (χ2v) is 5.73. The summed E-state index contributed by atoms with van der Waals surface area (Å²) in [6.45, 7) is 7.89. The molecule has 21 heavy (non-hydrogen) atoms. The van der Waals surface area contributed by atoms with E-state index in [0.29, 0.717) is 6.42 Å². The molecule has 1 aliphatic rings. The Morgan fingerprint density at radius 2 is 2.19 bits per heavy atom.